The van der Waals surface area contributed by atoms with Crippen molar-refractivity contribution in [3.05, 3.63) is 28.7 Å². The fourth-order valence-corrected chi connectivity index (χ4v) is 3.22. The molecular formula is C15H24BrNOS. The van der Waals surface area contributed by atoms with Crippen LogP contribution in [0, 0.1) is 0 Å². The van der Waals surface area contributed by atoms with Crippen LogP contribution in [0.4, 0.5) is 0 Å². The first-order chi connectivity index (χ1) is 9.15. The maximum Gasteiger partial charge on any atom is 0.127 e. The standard InChI is InChI=1S/C15H24BrNOS/c1-3-4-5-6-7-8-13-17(2)19(18)15-11-9-14(16)10-12-15/h9-12H,3-8,13H2,1-2H3. The largest absolute Gasteiger partial charge is 0.237 e. The highest BCUT2D eigenvalue weighted by Gasteiger charge is 2.09. The lowest BCUT2D eigenvalue weighted by Gasteiger charge is -2.15. The molecule has 1 atom stereocenters. The van der Waals surface area contributed by atoms with E-state index in [0.29, 0.717) is 0 Å². The molecule has 1 rings (SSSR count). The van der Waals surface area contributed by atoms with Gasteiger partial charge in [-0.2, -0.15) is 0 Å². The Morgan fingerprint density at radius 2 is 1.63 bits per heavy atom. The van der Waals surface area contributed by atoms with Crippen molar-refractivity contribution in [1.29, 1.82) is 0 Å². The number of hydrogen-bond donors (Lipinski definition) is 0. The Hall–Kier alpha value is -0.190. The third kappa shape index (κ3) is 6.68. The van der Waals surface area contributed by atoms with Gasteiger partial charge in [0.15, 0.2) is 0 Å². The molecule has 1 aromatic carbocycles. The second-order valence-electron chi connectivity index (χ2n) is 4.82. The van der Waals surface area contributed by atoms with E-state index in [-0.39, 0.29) is 0 Å². The van der Waals surface area contributed by atoms with Crippen LogP contribution in [-0.2, 0) is 11.0 Å². The van der Waals surface area contributed by atoms with Gasteiger partial charge in [-0.15, -0.1) is 0 Å². The smallest absolute Gasteiger partial charge is 0.127 e. The summed E-state index contributed by atoms with van der Waals surface area (Å²) in [5.41, 5.74) is 0. The Morgan fingerprint density at radius 3 is 2.26 bits per heavy atom. The summed E-state index contributed by atoms with van der Waals surface area (Å²) in [5.74, 6) is 0. The molecule has 108 valence electrons. The predicted molar refractivity (Wildman–Crippen MR) is 86.6 cm³/mol. The molecule has 0 saturated carbocycles. The molecule has 1 aromatic rings. The van der Waals surface area contributed by atoms with Gasteiger partial charge < -0.3 is 0 Å². The van der Waals surface area contributed by atoms with Crippen LogP contribution in [0.15, 0.2) is 33.6 Å². The topological polar surface area (TPSA) is 20.3 Å². The Morgan fingerprint density at radius 1 is 1.05 bits per heavy atom. The molecular weight excluding hydrogens is 322 g/mol. The average molecular weight is 346 g/mol. The molecule has 0 fully saturated rings. The van der Waals surface area contributed by atoms with Crippen molar-refractivity contribution in [2.75, 3.05) is 13.6 Å². The van der Waals surface area contributed by atoms with Gasteiger partial charge in [0, 0.05) is 18.1 Å². The van der Waals surface area contributed by atoms with Crippen LogP contribution in [0.25, 0.3) is 0 Å². The summed E-state index contributed by atoms with van der Waals surface area (Å²) in [6.07, 6.45) is 7.61. The zero-order valence-electron chi connectivity index (χ0n) is 11.9. The number of benzene rings is 1. The van der Waals surface area contributed by atoms with Crippen molar-refractivity contribution in [3.63, 3.8) is 0 Å². The Labute approximate surface area is 128 Å². The van der Waals surface area contributed by atoms with Gasteiger partial charge in [-0.3, -0.25) is 0 Å². The monoisotopic (exact) mass is 345 g/mol. The van der Waals surface area contributed by atoms with Crippen molar-refractivity contribution < 1.29 is 4.21 Å². The molecule has 0 saturated heterocycles. The first-order valence-electron chi connectivity index (χ1n) is 7.03. The summed E-state index contributed by atoms with van der Waals surface area (Å²) in [5, 5.41) is 0. The summed E-state index contributed by atoms with van der Waals surface area (Å²) in [6, 6.07) is 7.70. The maximum atomic E-state index is 12.2. The van der Waals surface area contributed by atoms with E-state index in [1.54, 1.807) is 0 Å². The van der Waals surface area contributed by atoms with E-state index in [2.05, 4.69) is 22.9 Å². The van der Waals surface area contributed by atoms with Gasteiger partial charge >= 0.3 is 0 Å². The summed E-state index contributed by atoms with van der Waals surface area (Å²) < 4.78 is 15.2. The van der Waals surface area contributed by atoms with Gasteiger partial charge in [0.2, 0.25) is 0 Å². The van der Waals surface area contributed by atoms with E-state index in [1.165, 1.54) is 32.1 Å². The molecule has 0 radical (unpaired) electrons. The Balaban J connectivity index is 2.27. The van der Waals surface area contributed by atoms with Gasteiger partial charge in [-0.1, -0.05) is 55.0 Å². The molecule has 0 aliphatic carbocycles. The fourth-order valence-electron chi connectivity index (χ4n) is 1.93. The van der Waals surface area contributed by atoms with Crippen molar-refractivity contribution in [2.45, 2.75) is 50.3 Å². The van der Waals surface area contributed by atoms with Crippen LogP contribution in [0.1, 0.15) is 45.4 Å². The van der Waals surface area contributed by atoms with E-state index in [9.17, 15) is 4.21 Å². The number of nitrogens with zero attached hydrogens (tertiary/aromatic N) is 1. The second-order valence-corrected chi connectivity index (χ2v) is 7.33. The van der Waals surface area contributed by atoms with Crippen molar-refractivity contribution >= 4 is 26.9 Å². The second kappa shape index (κ2) is 9.67. The van der Waals surface area contributed by atoms with Crippen molar-refractivity contribution in [2.24, 2.45) is 0 Å². The van der Waals surface area contributed by atoms with E-state index < -0.39 is 11.0 Å². The van der Waals surface area contributed by atoms with Crippen LogP contribution >= 0.6 is 15.9 Å². The molecule has 2 nitrogen and oxygen atoms in total. The highest BCUT2D eigenvalue weighted by atomic mass is 79.9. The molecule has 0 heterocycles. The summed E-state index contributed by atoms with van der Waals surface area (Å²) in [7, 11) is 0.902. The highest BCUT2D eigenvalue weighted by Crippen LogP contribution is 2.15. The normalized spacial score (nSPS) is 12.8. The molecule has 0 amide bonds. The average Bonchev–Trinajstić information content (AvgIpc) is 2.42. The maximum absolute atomic E-state index is 12.2. The van der Waals surface area contributed by atoms with E-state index in [1.807, 2.05) is 35.6 Å². The fraction of sp³-hybridized carbons (Fsp3) is 0.600. The van der Waals surface area contributed by atoms with Gasteiger partial charge in [0.1, 0.15) is 11.0 Å². The number of hydrogen-bond acceptors (Lipinski definition) is 1. The zero-order chi connectivity index (χ0) is 14.1. The predicted octanol–water partition coefficient (Wildman–Crippen LogP) is 4.76. The molecule has 1 unspecified atom stereocenters. The lowest BCUT2D eigenvalue weighted by atomic mass is 10.1. The van der Waals surface area contributed by atoms with E-state index in [0.717, 1.165) is 22.3 Å². The SMILES string of the molecule is CCCCCCCCN(C)S(=O)c1ccc(Br)cc1. The van der Waals surface area contributed by atoms with Crippen molar-refractivity contribution in [3.8, 4) is 0 Å². The van der Waals surface area contributed by atoms with Gasteiger partial charge in [0.25, 0.3) is 0 Å². The zero-order valence-corrected chi connectivity index (χ0v) is 14.3. The van der Waals surface area contributed by atoms with Crippen molar-refractivity contribution in [1.82, 2.24) is 4.31 Å². The van der Waals surface area contributed by atoms with Gasteiger partial charge in [-0.25, -0.2) is 8.51 Å². The van der Waals surface area contributed by atoms with E-state index >= 15 is 0 Å². The minimum Gasteiger partial charge on any atom is -0.237 e. The van der Waals surface area contributed by atoms with Crippen LogP contribution in [0.3, 0.4) is 0 Å². The summed E-state index contributed by atoms with van der Waals surface area (Å²) in [6.45, 7) is 3.13. The lowest BCUT2D eigenvalue weighted by Crippen LogP contribution is -2.22. The molecule has 0 bridgehead atoms. The van der Waals surface area contributed by atoms with Crippen LogP contribution in [0.5, 0.6) is 0 Å². The first-order valence-corrected chi connectivity index (χ1v) is 8.93. The highest BCUT2D eigenvalue weighted by molar-refractivity contribution is 9.10. The van der Waals surface area contributed by atoms with Crippen LogP contribution in [-0.4, -0.2) is 22.1 Å². The quantitative estimate of drug-likeness (QED) is 0.590. The van der Waals surface area contributed by atoms with Crippen LogP contribution in [0.2, 0.25) is 0 Å². The van der Waals surface area contributed by atoms with Gasteiger partial charge in [0.05, 0.1) is 4.90 Å². The molecule has 0 N–H and O–H groups in total. The Bertz CT molecular complexity index is 380. The summed E-state index contributed by atoms with van der Waals surface area (Å²) in [4.78, 5) is 0.872. The number of unbranched alkanes of at least 4 members (excludes halogenated alkanes) is 5. The molecule has 0 aliphatic rings. The molecule has 0 aromatic heterocycles. The molecule has 19 heavy (non-hydrogen) atoms. The number of halogens is 1. The van der Waals surface area contributed by atoms with Gasteiger partial charge in [-0.05, 0) is 30.7 Å². The molecule has 4 heteroatoms. The third-order valence-electron chi connectivity index (χ3n) is 3.12. The number of rotatable bonds is 9. The minimum absolute atomic E-state index is 0.872. The molecule has 0 aliphatic heterocycles. The third-order valence-corrected chi connectivity index (χ3v) is 5.08. The van der Waals surface area contributed by atoms with Crippen LogP contribution < -0.4 is 0 Å². The summed E-state index contributed by atoms with van der Waals surface area (Å²) >= 11 is 3.39. The van der Waals surface area contributed by atoms with E-state index in [4.69, 9.17) is 0 Å². The Kier molecular flexibility index (Phi) is 8.58. The first kappa shape index (κ1) is 16.9. The lowest BCUT2D eigenvalue weighted by molar-refractivity contribution is 0.484. The minimum atomic E-state index is -1.03. The molecule has 0 spiro atoms.